The fourth-order valence-electron chi connectivity index (χ4n) is 3.21. The second kappa shape index (κ2) is 8.08. The first-order valence-corrected chi connectivity index (χ1v) is 10.6. The van der Waals surface area contributed by atoms with Gasteiger partial charge < -0.3 is 9.64 Å². The molecule has 27 heavy (non-hydrogen) atoms. The zero-order valence-corrected chi connectivity index (χ0v) is 15.9. The van der Waals surface area contributed by atoms with E-state index < -0.39 is 21.7 Å². The number of ether oxygens (including phenoxy) is 1. The second-order valence-corrected chi connectivity index (χ2v) is 9.04. The molecule has 0 radical (unpaired) electrons. The normalized spacial score (nSPS) is 18.2. The average Bonchev–Trinajstić information content (AvgIpc) is 2.97. The highest BCUT2D eigenvalue weighted by molar-refractivity contribution is 7.91. The molecule has 1 saturated heterocycles. The summed E-state index contributed by atoms with van der Waals surface area (Å²) in [6.45, 7) is 1.87. The number of benzene rings is 2. The molecule has 0 spiro atoms. The topological polar surface area (TPSA) is 63.7 Å². The van der Waals surface area contributed by atoms with Gasteiger partial charge in [0.15, 0.2) is 16.4 Å². The van der Waals surface area contributed by atoms with E-state index in [0.29, 0.717) is 17.7 Å². The van der Waals surface area contributed by atoms with Crippen molar-refractivity contribution in [2.75, 3.05) is 18.1 Å². The highest BCUT2D eigenvalue weighted by atomic mass is 32.2. The lowest BCUT2D eigenvalue weighted by Crippen LogP contribution is -2.43. The summed E-state index contributed by atoms with van der Waals surface area (Å²) in [5.41, 5.74) is 1.63. The summed E-state index contributed by atoms with van der Waals surface area (Å²) in [7, 11) is -3.16. The summed E-state index contributed by atoms with van der Waals surface area (Å²) < 4.78 is 42.8. The number of carbonyl (C=O) groups is 1. The Morgan fingerprint density at radius 2 is 2.00 bits per heavy atom. The summed E-state index contributed by atoms with van der Waals surface area (Å²) in [5.74, 6) is -0.145. The van der Waals surface area contributed by atoms with E-state index in [4.69, 9.17) is 4.74 Å². The van der Waals surface area contributed by atoms with Crippen LogP contribution in [0, 0.1) is 12.7 Å². The van der Waals surface area contributed by atoms with Gasteiger partial charge >= 0.3 is 0 Å². The van der Waals surface area contributed by atoms with E-state index >= 15 is 0 Å². The van der Waals surface area contributed by atoms with Crippen LogP contribution in [-0.2, 0) is 21.2 Å². The molecule has 1 aliphatic rings. The number of nitrogens with zero attached hydrogens (tertiary/aromatic N) is 1. The number of halogens is 1. The molecule has 7 heteroatoms. The van der Waals surface area contributed by atoms with Gasteiger partial charge in [0, 0.05) is 12.6 Å². The standard InChI is InChI=1S/C20H22FNO4S/c1-15-4-2-7-19(10-15)26-13-20(23)22(18-8-9-27(24,25)14-18)12-16-5-3-6-17(21)11-16/h2-7,10-11,18H,8-9,12-14H2,1H3/t18-/m1/s1. The Hall–Kier alpha value is -2.41. The number of amides is 1. The van der Waals surface area contributed by atoms with Gasteiger partial charge in [0.25, 0.3) is 5.91 Å². The Morgan fingerprint density at radius 3 is 2.67 bits per heavy atom. The largest absolute Gasteiger partial charge is 0.484 e. The van der Waals surface area contributed by atoms with Gasteiger partial charge in [0.2, 0.25) is 0 Å². The van der Waals surface area contributed by atoms with Gasteiger partial charge in [-0.25, -0.2) is 12.8 Å². The molecule has 1 amide bonds. The quantitative estimate of drug-likeness (QED) is 0.760. The number of carbonyl (C=O) groups excluding carboxylic acids is 1. The van der Waals surface area contributed by atoms with Gasteiger partial charge in [-0.05, 0) is 48.7 Å². The lowest BCUT2D eigenvalue weighted by Gasteiger charge is -2.28. The summed E-state index contributed by atoms with van der Waals surface area (Å²) in [5, 5.41) is 0. The maximum atomic E-state index is 13.5. The molecular weight excluding hydrogens is 369 g/mol. The van der Waals surface area contributed by atoms with Gasteiger partial charge in [-0.2, -0.15) is 0 Å². The van der Waals surface area contributed by atoms with Crippen molar-refractivity contribution in [2.24, 2.45) is 0 Å². The van der Waals surface area contributed by atoms with Crippen LogP contribution in [0.4, 0.5) is 4.39 Å². The predicted octanol–water partition coefficient (Wildman–Crippen LogP) is 2.73. The number of aryl methyl sites for hydroxylation is 1. The fraction of sp³-hybridized carbons (Fsp3) is 0.350. The van der Waals surface area contributed by atoms with Crippen LogP contribution >= 0.6 is 0 Å². The van der Waals surface area contributed by atoms with Gasteiger partial charge in [-0.15, -0.1) is 0 Å². The molecule has 0 N–H and O–H groups in total. The molecule has 144 valence electrons. The molecule has 3 rings (SSSR count). The Labute approximate surface area is 158 Å². The third-order valence-corrected chi connectivity index (χ3v) is 6.31. The number of sulfone groups is 1. The van der Waals surface area contributed by atoms with Crippen LogP contribution in [-0.4, -0.2) is 43.4 Å². The molecule has 1 heterocycles. The third kappa shape index (κ3) is 5.29. The highest BCUT2D eigenvalue weighted by Gasteiger charge is 2.34. The van der Waals surface area contributed by atoms with Crippen LogP contribution in [0.25, 0.3) is 0 Å². The molecule has 0 aromatic heterocycles. The maximum Gasteiger partial charge on any atom is 0.261 e. The summed E-state index contributed by atoms with van der Waals surface area (Å²) in [6, 6.07) is 12.9. The van der Waals surface area contributed by atoms with E-state index in [1.54, 1.807) is 18.2 Å². The van der Waals surface area contributed by atoms with Gasteiger partial charge in [-0.3, -0.25) is 4.79 Å². The minimum atomic E-state index is -3.16. The van der Waals surface area contributed by atoms with Crippen molar-refractivity contribution in [1.29, 1.82) is 0 Å². The summed E-state index contributed by atoms with van der Waals surface area (Å²) in [6.07, 6.45) is 0.383. The highest BCUT2D eigenvalue weighted by Crippen LogP contribution is 2.21. The molecule has 1 aliphatic heterocycles. The van der Waals surface area contributed by atoms with E-state index in [9.17, 15) is 17.6 Å². The molecule has 0 saturated carbocycles. The van der Waals surface area contributed by atoms with Crippen molar-refractivity contribution in [2.45, 2.75) is 25.9 Å². The number of rotatable bonds is 6. The molecule has 5 nitrogen and oxygen atoms in total. The minimum absolute atomic E-state index is 0.0589. The lowest BCUT2D eigenvalue weighted by molar-refractivity contribution is -0.136. The fourth-order valence-corrected chi connectivity index (χ4v) is 4.94. The Balaban J connectivity index is 1.75. The van der Waals surface area contributed by atoms with E-state index in [-0.39, 0.29) is 30.6 Å². The number of hydrogen-bond donors (Lipinski definition) is 0. The average molecular weight is 391 g/mol. The maximum absolute atomic E-state index is 13.5. The van der Waals surface area contributed by atoms with E-state index in [2.05, 4.69) is 0 Å². The van der Waals surface area contributed by atoms with Crippen LogP contribution in [0.1, 0.15) is 17.5 Å². The third-order valence-electron chi connectivity index (χ3n) is 4.56. The van der Waals surface area contributed by atoms with Crippen molar-refractivity contribution >= 4 is 15.7 Å². The molecular formula is C20H22FNO4S. The zero-order chi connectivity index (χ0) is 19.4. The van der Waals surface area contributed by atoms with Crippen molar-refractivity contribution in [1.82, 2.24) is 4.90 Å². The van der Waals surface area contributed by atoms with Crippen LogP contribution < -0.4 is 4.74 Å². The molecule has 0 unspecified atom stereocenters. The predicted molar refractivity (Wildman–Crippen MR) is 101 cm³/mol. The van der Waals surface area contributed by atoms with Gasteiger partial charge in [-0.1, -0.05) is 24.3 Å². The Bertz CT molecular complexity index is 929. The van der Waals surface area contributed by atoms with Crippen molar-refractivity contribution in [3.63, 3.8) is 0 Å². The summed E-state index contributed by atoms with van der Waals surface area (Å²) in [4.78, 5) is 14.3. The Kier molecular flexibility index (Phi) is 5.79. The molecule has 2 aromatic carbocycles. The zero-order valence-electron chi connectivity index (χ0n) is 15.1. The molecule has 1 fully saturated rings. The first-order chi connectivity index (χ1) is 12.8. The molecule has 0 aliphatic carbocycles. The van der Waals surface area contributed by atoms with E-state index in [0.717, 1.165) is 5.56 Å². The van der Waals surface area contributed by atoms with Crippen LogP contribution in [0.5, 0.6) is 5.75 Å². The first kappa shape index (κ1) is 19.4. The van der Waals surface area contributed by atoms with Crippen LogP contribution in [0.15, 0.2) is 48.5 Å². The molecule has 1 atom stereocenters. The second-order valence-electron chi connectivity index (χ2n) is 6.81. The monoisotopic (exact) mass is 391 g/mol. The molecule has 2 aromatic rings. The smallest absolute Gasteiger partial charge is 0.261 e. The Morgan fingerprint density at radius 1 is 1.22 bits per heavy atom. The van der Waals surface area contributed by atoms with Gasteiger partial charge in [0.05, 0.1) is 11.5 Å². The summed E-state index contributed by atoms with van der Waals surface area (Å²) >= 11 is 0. The molecule has 0 bridgehead atoms. The van der Waals surface area contributed by atoms with E-state index in [1.165, 1.54) is 17.0 Å². The van der Waals surface area contributed by atoms with Gasteiger partial charge in [0.1, 0.15) is 11.6 Å². The lowest BCUT2D eigenvalue weighted by atomic mass is 10.1. The van der Waals surface area contributed by atoms with Crippen molar-refractivity contribution in [3.8, 4) is 5.75 Å². The SMILES string of the molecule is Cc1cccc(OCC(=O)N(Cc2cccc(F)c2)[C@@H]2CCS(=O)(=O)C2)c1. The first-order valence-electron chi connectivity index (χ1n) is 8.76. The van der Waals surface area contributed by atoms with Crippen LogP contribution in [0.3, 0.4) is 0 Å². The number of hydrogen-bond acceptors (Lipinski definition) is 4. The van der Waals surface area contributed by atoms with Crippen molar-refractivity contribution < 1.29 is 22.3 Å². The minimum Gasteiger partial charge on any atom is -0.484 e. The van der Waals surface area contributed by atoms with E-state index in [1.807, 2.05) is 25.1 Å². The van der Waals surface area contributed by atoms with Crippen LogP contribution in [0.2, 0.25) is 0 Å². The van der Waals surface area contributed by atoms with Crippen molar-refractivity contribution in [3.05, 3.63) is 65.5 Å².